The molecule has 0 saturated carbocycles. The van der Waals surface area contributed by atoms with Gasteiger partial charge in [0, 0.05) is 6.42 Å². The number of carbonyl (C=O) groups excluding carboxylic acids is 1. The van der Waals surface area contributed by atoms with Crippen LogP contribution in [-0.2, 0) is 4.79 Å². The molecule has 0 aromatic heterocycles. The quantitative estimate of drug-likeness (QED) is 0.0509. The van der Waals surface area contributed by atoms with E-state index in [1.165, 1.54) is 161 Å². The molecule has 0 fully saturated rings. The number of carbonyl (C=O) groups is 1. The maximum absolute atomic E-state index is 12.4. The van der Waals surface area contributed by atoms with E-state index >= 15 is 0 Å². The minimum atomic E-state index is -1.13. The first-order valence-electron chi connectivity index (χ1n) is 20.3. The number of aliphatic hydroxyl groups is 3. The van der Waals surface area contributed by atoms with Gasteiger partial charge in [-0.1, -0.05) is 206 Å². The molecule has 0 radical (unpaired) electrons. The molecule has 5 heteroatoms. The SMILES string of the molecule is CCCCCCCCCCCCCCCCCCCCCC(=O)N[C@H](CO)[C@H](O)[C@H](O)CCCCCCCCCCCCCC. The van der Waals surface area contributed by atoms with Gasteiger partial charge in [-0.25, -0.2) is 0 Å². The minimum Gasteiger partial charge on any atom is -0.394 e. The molecule has 0 aromatic rings. The van der Waals surface area contributed by atoms with E-state index in [1.54, 1.807) is 0 Å². The minimum absolute atomic E-state index is 0.141. The first kappa shape index (κ1) is 44.4. The topological polar surface area (TPSA) is 89.8 Å². The van der Waals surface area contributed by atoms with Crippen LogP contribution in [0.15, 0.2) is 0 Å². The van der Waals surface area contributed by atoms with Gasteiger partial charge in [-0.05, 0) is 12.8 Å². The average Bonchev–Trinajstić information content (AvgIpc) is 3.04. The fourth-order valence-electron chi connectivity index (χ4n) is 6.52. The van der Waals surface area contributed by atoms with Crippen molar-refractivity contribution in [3.8, 4) is 0 Å². The summed E-state index contributed by atoms with van der Waals surface area (Å²) in [5.41, 5.74) is 0. The van der Waals surface area contributed by atoms with Crippen LogP contribution in [0.2, 0.25) is 0 Å². The summed E-state index contributed by atoms with van der Waals surface area (Å²) >= 11 is 0. The molecule has 0 saturated heterocycles. The number of unbranched alkanes of at least 4 members (excludes halogenated alkanes) is 29. The van der Waals surface area contributed by atoms with Gasteiger partial charge in [-0.3, -0.25) is 4.79 Å². The fraction of sp³-hybridized carbons (Fsp3) is 0.975. The van der Waals surface area contributed by atoms with Crippen LogP contribution in [-0.4, -0.2) is 46.1 Å². The Bertz CT molecular complexity index is 587. The van der Waals surface area contributed by atoms with E-state index in [1.807, 2.05) is 0 Å². The molecular formula is C40H81NO4. The molecule has 0 aliphatic rings. The number of hydrogen-bond donors (Lipinski definition) is 4. The molecule has 1 amide bonds. The zero-order valence-corrected chi connectivity index (χ0v) is 30.5. The zero-order chi connectivity index (χ0) is 33.1. The number of hydrogen-bond acceptors (Lipinski definition) is 4. The molecule has 0 aliphatic carbocycles. The molecule has 270 valence electrons. The van der Waals surface area contributed by atoms with Crippen LogP contribution in [0.5, 0.6) is 0 Å². The Hall–Kier alpha value is -0.650. The number of nitrogens with one attached hydrogen (secondary N) is 1. The van der Waals surface area contributed by atoms with Crippen molar-refractivity contribution in [2.75, 3.05) is 6.61 Å². The monoisotopic (exact) mass is 640 g/mol. The summed E-state index contributed by atoms with van der Waals surface area (Å²) in [5, 5.41) is 33.4. The van der Waals surface area contributed by atoms with Crippen LogP contribution in [0.3, 0.4) is 0 Å². The van der Waals surface area contributed by atoms with Gasteiger partial charge in [-0.15, -0.1) is 0 Å². The Balaban J connectivity index is 3.59. The molecule has 0 rings (SSSR count). The summed E-state index contributed by atoms with van der Waals surface area (Å²) in [4.78, 5) is 12.4. The van der Waals surface area contributed by atoms with Crippen LogP contribution in [0.25, 0.3) is 0 Å². The first-order valence-corrected chi connectivity index (χ1v) is 20.3. The predicted molar refractivity (Wildman–Crippen MR) is 195 cm³/mol. The highest BCUT2D eigenvalue weighted by molar-refractivity contribution is 5.76. The Morgan fingerprint density at radius 2 is 0.756 bits per heavy atom. The summed E-state index contributed by atoms with van der Waals surface area (Å²) in [7, 11) is 0. The largest absolute Gasteiger partial charge is 0.394 e. The molecular weight excluding hydrogens is 558 g/mol. The predicted octanol–water partition coefficient (Wildman–Crippen LogP) is 11.1. The Morgan fingerprint density at radius 1 is 0.467 bits per heavy atom. The van der Waals surface area contributed by atoms with Crippen molar-refractivity contribution in [3.05, 3.63) is 0 Å². The fourth-order valence-corrected chi connectivity index (χ4v) is 6.52. The highest BCUT2D eigenvalue weighted by Crippen LogP contribution is 2.16. The maximum atomic E-state index is 12.4. The lowest BCUT2D eigenvalue weighted by Gasteiger charge is -2.26. The zero-order valence-electron chi connectivity index (χ0n) is 30.5. The van der Waals surface area contributed by atoms with Crippen molar-refractivity contribution in [1.82, 2.24) is 5.32 Å². The molecule has 4 N–H and O–H groups in total. The van der Waals surface area contributed by atoms with Crippen molar-refractivity contribution in [2.45, 2.75) is 244 Å². The van der Waals surface area contributed by atoms with E-state index < -0.39 is 18.2 Å². The lowest BCUT2D eigenvalue weighted by molar-refractivity contribution is -0.124. The van der Waals surface area contributed by atoms with Crippen LogP contribution in [0.4, 0.5) is 0 Å². The second-order valence-corrected chi connectivity index (χ2v) is 14.2. The lowest BCUT2D eigenvalue weighted by Crippen LogP contribution is -2.50. The first-order chi connectivity index (χ1) is 22.1. The Morgan fingerprint density at radius 3 is 1.07 bits per heavy atom. The second-order valence-electron chi connectivity index (χ2n) is 14.2. The van der Waals surface area contributed by atoms with Crippen LogP contribution >= 0.6 is 0 Å². The van der Waals surface area contributed by atoms with Gasteiger partial charge < -0.3 is 20.6 Å². The van der Waals surface area contributed by atoms with E-state index in [0.29, 0.717) is 12.8 Å². The van der Waals surface area contributed by atoms with Gasteiger partial charge in [-0.2, -0.15) is 0 Å². The van der Waals surface area contributed by atoms with Crippen LogP contribution in [0, 0.1) is 0 Å². The van der Waals surface area contributed by atoms with Crippen molar-refractivity contribution >= 4 is 5.91 Å². The van der Waals surface area contributed by atoms with Crippen molar-refractivity contribution in [1.29, 1.82) is 0 Å². The molecule has 0 unspecified atom stereocenters. The molecule has 0 spiro atoms. The Labute approximate surface area is 281 Å². The third kappa shape index (κ3) is 31.7. The van der Waals surface area contributed by atoms with Crippen LogP contribution in [0.1, 0.15) is 226 Å². The molecule has 5 nitrogen and oxygen atoms in total. The smallest absolute Gasteiger partial charge is 0.220 e. The van der Waals surface area contributed by atoms with E-state index in [4.69, 9.17) is 0 Å². The second kappa shape index (κ2) is 36.2. The molecule has 0 bridgehead atoms. The van der Waals surface area contributed by atoms with E-state index in [2.05, 4.69) is 19.2 Å². The van der Waals surface area contributed by atoms with E-state index in [0.717, 1.165) is 38.5 Å². The highest BCUT2D eigenvalue weighted by Gasteiger charge is 2.26. The van der Waals surface area contributed by atoms with Gasteiger partial charge in [0.2, 0.25) is 5.91 Å². The standard InChI is InChI=1S/C40H81NO4/c1-3-5-7-9-11-13-15-17-18-19-20-21-22-23-25-27-29-31-33-35-39(44)41-37(36-42)40(45)38(43)34-32-30-28-26-24-16-14-12-10-8-6-4-2/h37-38,40,42-43,45H,3-36H2,1-2H3,(H,41,44)/t37-,38-,40+/m1/s1. The molecule has 0 heterocycles. The highest BCUT2D eigenvalue weighted by atomic mass is 16.3. The lowest BCUT2D eigenvalue weighted by atomic mass is 9.99. The number of amides is 1. The van der Waals surface area contributed by atoms with Gasteiger partial charge >= 0.3 is 0 Å². The summed E-state index contributed by atoms with van der Waals surface area (Å²) in [6.07, 6.45) is 39.1. The van der Waals surface area contributed by atoms with E-state index in [-0.39, 0.29) is 12.5 Å². The summed E-state index contributed by atoms with van der Waals surface area (Å²) < 4.78 is 0. The van der Waals surface area contributed by atoms with Gasteiger partial charge in [0.25, 0.3) is 0 Å². The third-order valence-corrected chi connectivity index (χ3v) is 9.71. The Kier molecular flexibility index (Phi) is 35.7. The van der Waals surface area contributed by atoms with Gasteiger partial charge in [0.15, 0.2) is 0 Å². The normalized spacial score (nSPS) is 13.6. The van der Waals surface area contributed by atoms with Crippen molar-refractivity contribution < 1.29 is 20.1 Å². The molecule has 0 aromatic carbocycles. The summed E-state index contributed by atoms with van der Waals surface area (Å²) in [5.74, 6) is -0.141. The summed E-state index contributed by atoms with van der Waals surface area (Å²) in [6.45, 7) is 4.18. The van der Waals surface area contributed by atoms with E-state index in [9.17, 15) is 20.1 Å². The number of rotatable bonds is 37. The van der Waals surface area contributed by atoms with Crippen molar-refractivity contribution in [2.24, 2.45) is 0 Å². The van der Waals surface area contributed by atoms with Gasteiger partial charge in [0.1, 0.15) is 6.10 Å². The van der Waals surface area contributed by atoms with Crippen molar-refractivity contribution in [3.63, 3.8) is 0 Å². The van der Waals surface area contributed by atoms with Crippen LogP contribution < -0.4 is 5.32 Å². The average molecular weight is 640 g/mol. The number of aliphatic hydroxyl groups excluding tert-OH is 3. The maximum Gasteiger partial charge on any atom is 0.220 e. The molecule has 3 atom stereocenters. The van der Waals surface area contributed by atoms with Gasteiger partial charge in [0.05, 0.1) is 18.8 Å². The summed E-state index contributed by atoms with van der Waals surface area (Å²) in [6, 6.07) is -0.801. The molecule has 0 aliphatic heterocycles. The third-order valence-electron chi connectivity index (χ3n) is 9.71. The molecule has 45 heavy (non-hydrogen) atoms.